The molecule has 0 unspecified atom stereocenters. The van der Waals surface area contributed by atoms with Gasteiger partial charge in [-0.05, 0) is 76.8 Å². The molecule has 38 heavy (non-hydrogen) atoms. The normalized spacial score (nSPS) is 18.8. The van der Waals surface area contributed by atoms with Crippen LogP contribution in [0.1, 0.15) is 65.0 Å². The number of nitrogens with one attached hydrogen (secondary N) is 1. The number of hydrogen-bond donors (Lipinski definition) is 1. The first-order valence-electron chi connectivity index (χ1n) is 13.3. The van der Waals surface area contributed by atoms with Crippen molar-refractivity contribution in [3.63, 3.8) is 0 Å². The molecule has 2 fully saturated rings. The van der Waals surface area contributed by atoms with Gasteiger partial charge in [0.2, 0.25) is 0 Å². The van der Waals surface area contributed by atoms with E-state index in [1.54, 1.807) is 0 Å². The number of nitriles is 1. The Morgan fingerprint density at radius 1 is 1.21 bits per heavy atom. The summed E-state index contributed by atoms with van der Waals surface area (Å²) >= 11 is 0. The first-order chi connectivity index (χ1) is 18.2. The van der Waals surface area contributed by atoms with Crippen LogP contribution in [0.4, 0.5) is 10.5 Å². The van der Waals surface area contributed by atoms with E-state index < -0.39 is 11.9 Å². The smallest absolute Gasteiger partial charge is 0.411 e. The van der Waals surface area contributed by atoms with Crippen LogP contribution >= 0.6 is 0 Å². The van der Waals surface area contributed by atoms with Crippen LogP contribution in [0, 0.1) is 11.3 Å². The summed E-state index contributed by atoms with van der Waals surface area (Å²) in [6, 6.07) is 16.3. The third kappa shape index (κ3) is 5.50. The van der Waals surface area contributed by atoms with Gasteiger partial charge in [0.05, 0.1) is 42.2 Å². The van der Waals surface area contributed by atoms with Gasteiger partial charge in [0, 0.05) is 29.6 Å². The number of amides is 1. The van der Waals surface area contributed by atoms with Crippen molar-refractivity contribution in [1.82, 2.24) is 4.57 Å². The van der Waals surface area contributed by atoms with Crippen molar-refractivity contribution in [1.29, 1.82) is 5.26 Å². The molecule has 0 spiro atoms. The lowest BCUT2D eigenvalue weighted by Gasteiger charge is -2.30. The lowest BCUT2D eigenvalue weighted by Crippen LogP contribution is -2.22. The van der Waals surface area contributed by atoms with E-state index in [2.05, 4.69) is 16.0 Å². The Kier molecular flexibility index (Phi) is 7.33. The molecular weight excluding hydrogens is 482 g/mol. The SMILES string of the molecule is CC(C)OC(=O)Nc1ccc(-c2c(C#N)c3ccc(OCC[C@H]4COC(C)(C)O4)cc3n2C2CCC2)cc1. The largest absolute Gasteiger partial charge is 0.493 e. The van der Waals surface area contributed by atoms with Crippen molar-refractivity contribution in [2.45, 2.75) is 77.4 Å². The molecule has 2 aliphatic rings. The molecule has 1 aliphatic carbocycles. The van der Waals surface area contributed by atoms with Crippen LogP contribution in [-0.2, 0) is 14.2 Å². The second kappa shape index (κ2) is 10.7. The van der Waals surface area contributed by atoms with Crippen molar-refractivity contribution in [2.24, 2.45) is 0 Å². The highest BCUT2D eigenvalue weighted by molar-refractivity contribution is 5.96. The molecule has 8 nitrogen and oxygen atoms in total. The minimum atomic E-state index is -0.539. The summed E-state index contributed by atoms with van der Waals surface area (Å²) in [7, 11) is 0. The molecule has 0 radical (unpaired) electrons. The maximum Gasteiger partial charge on any atom is 0.411 e. The molecule has 3 aromatic rings. The molecule has 200 valence electrons. The summed E-state index contributed by atoms with van der Waals surface area (Å²) in [5.41, 5.74) is 4.12. The molecule has 2 heterocycles. The number of anilines is 1. The number of rotatable bonds is 8. The summed E-state index contributed by atoms with van der Waals surface area (Å²) < 4.78 is 25.1. The maximum atomic E-state index is 12.0. The van der Waals surface area contributed by atoms with Gasteiger partial charge in [-0.3, -0.25) is 5.32 Å². The van der Waals surface area contributed by atoms with Gasteiger partial charge in [-0.15, -0.1) is 0 Å². The molecule has 2 aromatic carbocycles. The third-order valence-corrected chi connectivity index (χ3v) is 7.05. The average molecular weight is 518 g/mol. The van der Waals surface area contributed by atoms with E-state index in [4.69, 9.17) is 18.9 Å². The number of ether oxygens (including phenoxy) is 4. The van der Waals surface area contributed by atoms with E-state index in [0.29, 0.717) is 30.5 Å². The average Bonchev–Trinajstić information content (AvgIpc) is 3.34. The zero-order valence-electron chi connectivity index (χ0n) is 22.5. The van der Waals surface area contributed by atoms with E-state index in [-0.39, 0.29) is 12.2 Å². The Morgan fingerprint density at radius 2 is 1.97 bits per heavy atom. The molecule has 1 atom stereocenters. The monoisotopic (exact) mass is 517 g/mol. The molecule has 8 heteroatoms. The fourth-order valence-electron chi connectivity index (χ4n) is 5.09. The molecule has 1 saturated carbocycles. The highest BCUT2D eigenvalue weighted by Gasteiger charge is 2.32. The van der Waals surface area contributed by atoms with Gasteiger partial charge in [0.15, 0.2) is 5.79 Å². The van der Waals surface area contributed by atoms with Crippen LogP contribution in [0.5, 0.6) is 5.75 Å². The van der Waals surface area contributed by atoms with Crippen molar-refractivity contribution in [3.05, 3.63) is 48.0 Å². The van der Waals surface area contributed by atoms with Crippen LogP contribution in [0.25, 0.3) is 22.2 Å². The summed E-state index contributed by atoms with van der Waals surface area (Å²) in [6.07, 6.45) is 3.39. The van der Waals surface area contributed by atoms with Crippen molar-refractivity contribution in [3.8, 4) is 23.1 Å². The van der Waals surface area contributed by atoms with Crippen molar-refractivity contribution < 1.29 is 23.7 Å². The van der Waals surface area contributed by atoms with Gasteiger partial charge in [0.1, 0.15) is 11.8 Å². The lowest BCUT2D eigenvalue weighted by atomic mass is 9.92. The fraction of sp³-hybridized carbons (Fsp3) is 0.467. The molecule has 0 bridgehead atoms. The highest BCUT2D eigenvalue weighted by Crippen LogP contribution is 2.43. The molecule has 1 aliphatic heterocycles. The number of carbonyl (C=O) groups excluding carboxylic acids is 1. The van der Waals surface area contributed by atoms with Crippen LogP contribution in [0.3, 0.4) is 0 Å². The Labute approximate surface area is 223 Å². The highest BCUT2D eigenvalue weighted by atomic mass is 16.7. The number of nitrogens with zero attached hydrogens (tertiary/aromatic N) is 2. The van der Waals surface area contributed by atoms with E-state index in [1.807, 2.05) is 70.2 Å². The van der Waals surface area contributed by atoms with Gasteiger partial charge in [-0.25, -0.2) is 4.79 Å². The number of aromatic nitrogens is 1. The second-order valence-corrected chi connectivity index (χ2v) is 10.7. The predicted molar refractivity (Wildman–Crippen MR) is 145 cm³/mol. The van der Waals surface area contributed by atoms with Crippen LogP contribution in [-0.4, -0.2) is 41.9 Å². The summed E-state index contributed by atoms with van der Waals surface area (Å²) in [5, 5.41) is 13.9. The first kappa shape index (κ1) is 26.1. The van der Waals surface area contributed by atoms with Crippen LogP contribution in [0.15, 0.2) is 42.5 Å². The van der Waals surface area contributed by atoms with Gasteiger partial charge >= 0.3 is 6.09 Å². The number of benzene rings is 2. The minimum absolute atomic E-state index is 0.0223. The van der Waals surface area contributed by atoms with Gasteiger partial charge < -0.3 is 23.5 Å². The van der Waals surface area contributed by atoms with Gasteiger partial charge in [-0.2, -0.15) is 5.26 Å². The number of fused-ring (bicyclic) bond motifs is 1. The zero-order valence-corrected chi connectivity index (χ0v) is 22.5. The van der Waals surface area contributed by atoms with Crippen molar-refractivity contribution >= 4 is 22.7 Å². The zero-order chi connectivity index (χ0) is 26.9. The van der Waals surface area contributed by atoms with E-state index in [1.165, 1.54) is 6.42 Å². The second-order valence-electron chi connectivity index (χ2n) is 10.7. The predicted octanol–water partition coefficient (Wildman–Crippen LogP) is 6.78. The molecule has 1 saturated heterocycles. The van der Waals surface area contributed by atoms with Gasteiger partial charge in [0.25, 0.3) is 0 Å². The van der Waals surface area contributed by atoms with Gasteiger partial charge in [-0.1, -0.05) is 12.1 Å². The van der Waals surface area contributed by atoms with E-state index >= 15 is 0 Å². The Morgan fingerprint density at radius 3 is 2.58 bits per heavy atom. The van der Waals surface area contributed by atoms with E-state index in [9.17, 15) is 10.1 Å². The molecule has 1 amide bonds. The van der Waals surface area contributed by atoms with Crippen molar-refractivity contribution in [2.75, 3.05) is 18.5 Å². The quantitative estimate of drug-likeness (QED) is 0.354. The standard InChI is InChI=1S/C30H35N3O5/c1-19(2)37-29(34)32-21-10-8-20(9-11-21)28-26(17-31)25-13-12-23(16-27(25)33(28)22-6-5-7-22)35-15-14-24-18-36-30(3,4)38-24/h8-13,16,19,22,24H,5-7,14-15,18H2,1-4H3,(H,32,34)/t24-/m0/s1. The number of carbonyl (C=O) groups is 1. The lowest BCUT2D eigenvalue weighted by molar-refractivity contribution is -0.139. The van der Waals surface area contributed by atoms with E-state index in [0.717, 1.165) is 47.2 Å². The Bertz CT molecular complexity index is 1350. The molecular formula is C30H35N3O5. The first-order valence-corrected chi connectivity index (χ1v) is 13.3. The summed E-state index contributed by atoms with van der Waals surface area (Å²) in [6.45, 7) is 8.55. The molecule has 1 aromatic heterocycles. The topological polar surface area (TPSA) is 94.7 Å². The van der Waals surface area contributed by atoms with Crippen LogP contribution < -0.4 is 10.1 Å². The fourth-order valence-corrected chi connectivity index (χ4v) is 5.09. The summed E-state index contributed by atoms with van der Waals surface area (Å²) in [5.74, 6) is 0.233. The van der Waals surface area contributed by atoms with Crippen LogP contribution in [0.2, 0.25) is 0 Å². The Hall–Kier alpha value is -3.54. The molecule has 5 rings (SSSR count). The third-order valence-electron chi connectivity index (χ3n) is 7.05. The maximum absolute atomic E-state index is 12.0. The number of hydrogen-bond acceptors (Lipinski definition) is 6. The molecule has 1 N–H and O–H groups in total. The summed E-state index contributed by atoms with van der Waals surface area (Å²) in [4.78, 5) is 12.0. The Balaban J connectivity index is 1.41. The minimum Gasteiger partial charge on any atom is -0.493 e.